The highest BCUT2D eigenvalue weighted by molar-refractivity contribution is 7.14. The summed E-state index contributed by atoms with van der Waals surface area (Å²) < 4.78 is 43.2. The zero-order chi connectivity index (χ0) is 17.2. The quantitative estimate of drug-likeness (QED) is 0.795. The summed E-state index contributed by atoms with van der Waals surface area (Å²) in [6, 6.07) is 4.33. The fourth-order valence-corrected chi connectivity index (χ4v) is 2.58. The zero-order valence-corrected chi connectivity index (χ0v) is 12.9. The number of alkyl halides is 3. The van der Waals surface area contributed by atoms with Crippen LogP contribution in [0.25, 0.3) is 0 Å². The highest BCUT2D eigenvalue weighted by Gasteiger charge is 2.31. The number of carbonyl (C=O) groups excluding carboxylic acids is 2. The lowest BCUT2D eigenvalue weighted by atomic mass is 10.2. The summed E-state index contributed by atoms with van der Waals surface area (Å²) in [5.41, 5.74) is -0.853. The number of ether oxygens (including phenoxy) is 1. The summed E-state index contributed by atoms with van der Waals surface area (Å²) in [4.78, 5) is 27.7. The number of carbonyl (C=O) groups is 2. The molecular weight excluding hydrogens is 333 g/mol. The fraction of sp³-hybridized carbons (Fsp3) is 0.214. The molecule has 1 heterocycles. The molecule has 1 aromatic heterocycles. The van der Waals surface area contributed by atoms with E-state index in [2.05, 4.69) is 4.98 Å². The molecule has 0 saturated carbocycles. The Labute approximate surface area is 133 Å². The van der Waals surface area contributed by atoms with E-state index < -0.39 is 23.6 Å². The number of amides is 1. The van der Waals surface area contributed by atoms with Crippen LogP contribution in [0.2, 0.25) is 0 Å². The summed E-state index contributed by atoms with van der Waals surface area (Å²) in [5, 5.41) is 1.49. The first-order chi connectivity index (χ1) is 10.7. The van der Waals surface area contributed by atoms with Gasteiger partial charge in [-0.05, 0) is 18.2 Å². The molecule has 9 heteroatoms. The number of nitrogens with zero attached hydrogens (tertiary/aromatic N) is 2. The molecule has 0 radical (unpaired) electrons. The molecule has 0 aliphatic heterocycles. The predicted octanol–water partition coefficient (Wildman–Crippen LogP) is 3.77. The Hall–Kier alpha value is -2.42. The van der Waals surface area contributed by atoms with Crippen LogP contribution in [0.15, 0.2) is 29.6 Å². The normalized spacial score (nSPS) is 11.2. The Kier molecular flexibility index (Phi) is 4.69. The molecule has 0 fully saturated rings. The van der Waals surface area contributed by atoms with E-state index in [4.69, 9.17) is 4.74 Å². The van der Waals surface area contributed by atoms with Gasteiger partial charge in [0.2, 0.25) is 11.8 Å². The minimum atomic E-state index is -4.52. The molecule has 0 saturated heterocycles. The molecule has 0 spiro atoms. The molecule has 23 heavy (non-hydrogen) atoms. The van der Waals surface area contributed by atoms with Crippen molar-refractivity contribution in [2.75, 3.05) is 4.90 Å². The van der Waals surface area contributed by atoms with Gasteiger partial charge in [-0.15, -0.1) is 11.3 Å². The van der Waals surface area contributed by atoms with E-state index >= 15 is 0 Å². The van der Waals surface area contributed by atoms with Gasteiger partial charge in [0, 0.05) is 13.8 Å². The van der Waals surface area contributed by atoms with E-state index in [-0.39, 0.29) is 16.7 Å². The van der Waals surface area contributed by atoms with Crippen molar-refractivity contribution in [1.29, 1.82) is 0 Å². The lowest BCUT2D eigenvalue weighted by Gasteiger charge is -2.19. The third-order valence-corrected chi connectivity index (χ3v) is 3.46. The van der Waals surface area contributed by atoms with Crippen molar-refractivity contribution in [3.8, 4) is 5.88 Å². The molecule has 5 nitrogen and oxygen atoms in total. The van der Waals surface area contributed by atoms with Crippen LogP contribution in [0.3, 0.4) is 0 Å². The maximum absolute atomic E-state index is 12.8. The molecule has 0 unspecified atom stereocenters. The van der Waals surface area contributed by atoms with E-state index in [0.717, 1.165) is 28.4 Å². The average Bonchev–Trinajstić information content (AvgIpc) is 2.85. The van der Waals surface area contributed by atoms with Crippen LogP contribution in [0.5, 0.6) is 5.88 Å². The van der Waals surface area contributed by atoms with Crippen molar-refractivity contribution < 1.29 is 27.5 Å². The lowest BCUT2D eigenvalue weighted by Crippen LogP contribution is -2.23. The molecule has 1 aromatic carbocycles. The first kappa shape index (κ1) is 16.9. The van der Waals surface area contributed by atoms with Crippen LogP contribution in [0.1, 0.15) is 19.4 Å². The first-order valence-electron chi connectivity index (χ1n) is 6.30. The minimum Gasteiger partial charge on any atom is -0.407 e. The molecule has 0 atom stereocenters. The monoisotopic (exact) mass is 344 g/mol. The molecule has 0 N–H and O–H groups in total. The maximum Gasteiger partial charge on any atom is 0.416 e. The molecule has 2 rings (SSSR count). The SMILES string of the molecule is CC(=O)Oc1csc(N(C(C)=O)c2cccc(C(F)(F)F)c2)n1. The third-order valence-electron chi connectivity index (χ3n) is 2.66. The second-order valence-electron chi connectivity index (χ2n) is 4.46. The molecular formula is C14H11F3N2O3S. The number of hydrogen-bond donors (Lipinski definition) is 0. The second-order valence-corrected chi connectivity index (χ2v) is 5.30. The third kappa shape index (κ3) is 4.07. The summed E-state index contributed by atoms with van der Waals surface area (Å²) in [7, 11) is 0. The largest absolute Gasteiger partial charge is 0.416 e. The van der Waals surface area contributed by atoms with E-state index in [1.165, 1.54) is 31.4 Å². The second kappa shape index (κ2) is 6.37. The van der Waals surface area contributed by atoms with E-state index in [1.807, 2.05) is 0 Å². The van der Waals surface area contributed by atoms with Gasteiger partial charge in [-0.1, -0.05) is 6.07 Å². The highest BCUT2D eigenvalue weighted by Crippen LogP contribution is 2.35. The topological polar surface area (TPSA) is 59.5 Å². The smallest absolute Gasteiger partial charge is 0.407 e. The van der Waals surface area contributed by atoms with Crippen LogP contribution in [0.4, 0.5) is 24.0 Å². The van der Waals surface area contributed by atoms with Gasteiger partial charge >= 0.3 is 12.1 Å². The van der Waals surface area contributed by atoms with Crippen molar-refractivity contribution in [3.05, 3.63) is 35.2 Å². The van der Waals surface area contributed by atoms with Gasteiger partial charge in [0.1, 0.15) is 0 Å². The number of halogens is 3. The number of esters is 1. The number of rotatable bonds is 3. The summed E-state index contributed by atoms with van der Waals surface area (Å²) >= 11 is 0.972. The zero-order valence-electron chi connectivity index (χ0n) is 12.0. The molecule has 122 valence electrons. The molecule has 1 amide bonds. The van der Waals surface area contributed by atoms with Gasteiger partial charge < -0.3 is 4.74 Å². The predicted molar refractivity (Wildman–Crippen MR) is 77.7 cm³/mol. The van der Waals surface area contributed by atoms with Crippen LogP contribution in [0, 0.1) is 0 Å². The number of benzene rings is 1. The minimum absolute atomic E-state index is 0.0178. The molecule has 0 aliphatic rings. The first-order valence-corrected chi connectivity index (χ1v) is 7.18. The van der Waals surface area contributed by atoms with Crippen LogP contribution in [-0.4, -0.2) is 16.9 Å². The number of hydrogen-bond acceptors (Lipinski definition) is 5. The Morgan fingerprint density at radius 3 is 2.52 bits per heavy atom. The van der Waals surface area contributed by atoms with Crippen molar-refractivity contribution in [2.24, 2.45) is 0 Å². The van der Waals surface area contributed by atoms with E-state index in [0.29, 0.717) is 0 Å². The van der Waals surface area contributed by atoms with Gasteiger partial charge in [0.15, 0.2) is 5.13 Å². The van der Waals surface area contributed by atoms with Crippen molar-refractivity contribution in [2.45, 2.75) is 20.0 Å². The molecule has 0 bridgehead atoms. The summed E-state index contributed by atoms with van der Waals surface area (Å²) in [5.74, 6) is -1.13. The van der Waals surface area contributed by atoms with Crippen molar-refractivity contribution >= 4 is 34.0 Å². The number of anilines is 2. The lowest BCUT2D eigenvalue weighted by molar-refractivity contribution is -0.137. The van der Waals surface area contributed by atoms with E-state index in [1.54, 1.807) is 0 Å². The van der Waals surface area contributed by atoms with Gasteiger partial charge in [-0.3, -0.25) is 14.5 Å². The summed E-state index contributed by atoms with van der Waals surface area (Å²) in [6.07, 6.45) is -4.52. The summed E-state index contributed by atoms with van der Waals surface area (Å²) in [6.45, 7) is 2.39. The maximum atomic E-state index is 12.8. The van der Waals surface area contributed by atoms with Crippen LogP contribution < -0.4 is 9.64 Å². The van der Waals surface area contributed by atoms with Gasteiger partial charge in [-0.2, -0.15) is 18.2 Å². The Balaban J connectivity index is 2.41. The van der Waals surface area contributed by atoms with Crippen molar-refractivity contribution in [3.63, 3.8) is 0 Å². The van der Waals surface area contributed by atoms with Crippen LogP contribution >= 0.6 is 11.3 Å². The fourth-order valence-electron chi connectivity index (χ4n) is 1.80. The average molecular weight is 344 g/mol. The molecule has 2 aromatic rings. The van der Waals surface area contributed by atoms with Crippen molar-refractivity contribution in [1.82, 2.24) is 4.98 Å². The van der Waals surface area contributed by atoms with Gasteiger partial charge in [0.05, 0.1) is 16.6 Å². The molecule has 0 aliphatic carbocycles. The van der Waals surface area contributed by atoms with Crippen LogP contribution in [-0.2, 0) is 15.8 Å². The number of aromatic nitrogens is 1. The van der Waals surface area contributed by atoms with Gasteiger partial charge in [-0.25, -0.2) is 0 Å². The Morgan fingerprint density at radius 2 is 1.96 bits per heavy atom. The Bertz CT molecular complexity index is 743. The highest BCUT2D eigenvalue weighted by atomic mass is 32.1. The standard InChI is InChI=1S/C14H11F3N2O3S/c1-8(20)19(13-18-12(7-23-13)22-9(2)21)11-5-3-4-10(6-11)14(15,16)17/h3-7H,1-2H3. The Morgan fingerprint density at radius 1 is 1.26 bits per heavy atom. The van der Waals surface area contributed by atoms with Gasteiger partial charge in [0.25, 0.3) is 0 Å². The number of thiazole rings is 1. The van der Waals surface area contributed by atoms with E-state index in [9.17, 15) is 22.8 Å².